The molecule has 0 amide bonds. The molecule has 4 heteroatoms. The van der Waals surface area contributed by atoms with Crippen LogP contribution in [0.5, 0.6) is 0 Å². The molecule has 0 bridgehead atoms. The summed E-state index contributed by atoms with van der Waals surface area (Å²) in [6.07, 6.45) is 5.42. The van der Waals surface area contributed by atoms with Crippen LogP contribution >= 0.6 is 12.2 Å². The van der Waals surface area contributed by atoms with Crippen molar-refractivity contribution in [2.24, 2.45) is 11.8 Å². The van der Waals surface area contributed by atoms with Gasteiger partial charge in [0.1, 0.15) is 0 Å². The smallest absolute Gasteiger partial charge is 0.179 e. The molecule has 2 aromatic rings. The SMILES string of the molecule is Cc1ccc2[nH]c(=S)n(CC3CCCCC3C)c2n1. The van der Waals surface area contributed by atoms with Crippen LogP contribution in [-0.2, 0) is 6.54 Å². The highest BCUT2D eigenvalue weighted by molar-refractivity contribution is 7.71. The number of fused-ring (bicyclic) bond motifs is 1. The van der Waals surface area contributed by atoms with Crippen LogP contribution in [-0.4, -0.2) is 14.5 Å². The molecule has 0 saturated heterocycles. The molecule has 0 aliphatic heterocycles. The zero-order valence-corrected chi connectivity index (χ0v) is 12.5. The van der Waals surface area contributed by atoms with Gasteiger partial charge in [-0.3, -0.25) is 0 Å². The van der Waals surface area contributed by atoms with Gasteiger partial charge in [0.25, 0.3) is 0 Å². The van der Waals surface area contributed by atoms with Gasteiger partial charge in [-0.05, 0) is 49.5 Å². The molecular weight excluding hydrogens is 254 g/mol. The summed E-state index contributed by atoms with van der Waals surface area (Å²) in [5.74, 6) is 1.53. The average Bonchev–Trinajstić information content (AvgIpc) is 2.69. The van der Waals surface area contributed by atoms with Gasteiger partial charge in [-0.2, -0.15) is 0 Å². The Morgan fingerprint density at radius 3 is 2.95 bits per heavy atom. The number of aromatic nitrogens is 3. The number of hydrogen-bond acceptors (Lipinski definition) is 2. The second-order valence-electron chi connectivity index (χ2n) is 5.89. The summed E-state index contributed by atoms with van der Waals surface area (Å²) in [5, 5.41) is 0. The number of rotatable bonds is 2. The number of nitrogens with zero attached hydrogens (tertiary/aromatic N) is 2. The van der Waals surface area contributed by atoms with Gasteiger partial charge in [-0.1, -0.05) is 26.2 Å². The Bertz CT molecular complexity index is 640. The van der Waals surface area contributed by atoms with E-state index >= 15 is 0 Å². The van der Waals surface area contributed by atoms with Crippen LogP contribution in [0.25, 0.3) is 11.2 Å². The first-order valence-corrected chi connectivity index (χ1v) is 7.62. The van der Waals surface area contributed by atoms with E-state index in [4.69, 9.17) is 12.2 Å². The third-order valence-electron chi connectivity index (χ3n) is 4.46. The predicted molar refractivity (Wildman–Crippen MR) is 80.8 cm³/mol. The van der Waals surface area contributed by atoms with Crippen molar-refractivity contribution in [3.63, 3.8) is 0 Å². The lowest BCUT2D eigenvalue weighted by Crippen LogP contribution is -2.22. The van der Waals surface area contributed by atoms with E-state index in [1.54, 1.807) is 0 Å². The maximum atomic E-state index is 5.47. The normalized spacial score (nSPS) is 23.9. The van der Waals surface area contributed by atoms with Gasteiger partial charge in [0.05, 0.1) is 5.52 Å². The van der Waals surface area contributed by atoms with Crippen LogP contribution < -0.4 is 0 Å². The molecule has 1 fully saturated rings. The summed E-state index contributed by atoms with van der Waals surface area (Å²) in [6, 6.07) is 4.11. The summed E-state index contributed by atoms with van der Waals surface area (Å²) < 4.78 is 3.01. The maximum Gasteiger partial charge on any atom is 0.179 e. The van der Waals surface area contributed by atoms with Gasteiger partial charge < -0.3 is 9.55 Å². The Morgan fingerprint density at radius 1 is 1.37 bits per heavy atom. The Kier molecular flexibility index (Phi) is 3.44. The van der Waals surface area contributed by atoms with Gasteiger partial charge in [-0.15, -0.1) is 0 Å². The van der Waals surface area contributed by atoms with E-state index in [1.807, 2.05) is 13.0 Å². The highest BCUT2D eigenvalue weighted by atomic mass is 32.1. The van der Waals surface area contributed by atoms with Gasteiger partial charge in [0.2, 0.25) is 0 Å². The van der Waals surface area contributed by atoms with Crippen molar-refractivity contribution in [1.82, 2.24) is 14.5 Å². The molecule has 3 nitrogen and oxygen atoms in total. The van der Waals surface area contributed by atoms with Gasteiger partial charge >= 0.3 is 0 Å². The number of H-pyrrole nitrogens is 1. The first-order chi connectivity index (χ1) is 9.15. The van der Waals surface area contributed by atoms with Crippen molar-refractivity contribution in [2.45, 2.75) is 46.1 Å². The molecule has 2 atom stereocenters. The highest BCUT2D eigenvalue weighted by Crippen LogP contribution is 2.31. The van der Waals surface area contributed by atoms with Crippen LogP contribution in [0, 0.1) is 23.5 Å². The van der Waals surface area contributed by atoms with Gasteiger partial charge in [-0.25, -0.2) is 4.98 Å². The van der Waals surface area contributed by atoms with Gasteiger partial charge in [0.15, 0.2) is 10.4 Å². The van der Waals surface area contributed by atoms with Crippen molar-refractivity contribution in [1.29, 1.82) is 0 Å². The molecule has 0 aromatic carbocycles. The van der Waals surface area contributed by atoms with E-state index in [0.717, 1.165) is 40.0 Å². The van der Waals surface area contributed by atoms with E-state index in [9.17, 15) is 0 Å². The van der Waals surface area contributed by atoms with Crippen LogP contribution in [0.2, 0.25) is 0 Å². The molecule has 3 rings (SSSR count). The standard InChI is InChI=1S/C15H21N3S/c1-10-5-3-4-6-12(10)9-18-14-13(17-15(18)19)8-7-11(2)16-14/h7-8,10,12H,3-6,9H2,1-2H3,(H,17,19). The second kappa shape index (κ2) is 5.08. The molecule has 19 heavy (non-hydrogen) atoms. The molecule has 0 radical (unpaired) electrons. The molecule has 102 valence electrons. The molecule has 1 N–H and O–H groups in total. The van der Waals surface area contributed by atoms with Crippen molar-refractivity contribution in [2.75, 3.05) is 0 Å². The van der Waals surface area contributed by atoms with Crippen molar-refractivity contribution >= 4 is 23.4 Å². The molecule has 2 unspecified atom stereocenters. The number of aromatic amines is 1. The molecule has 1 aliphatic carbocycles. The largest absolute Gasteiger partial charge is 0.329 e. The first kappa shape index (κ1) is 12.9. The topological polar surface area (TPSA) is 33.6 Å². The Hall–Kier alpha value is -1.16. The fourth-order valence-corrected chi connectivity index (χ4v) is 3.46. The Balaban J connectivity index is 1.97. The van der Waals surface area contributed by atoms with Gasteiger partial charge in [0, 0.05) is 12.2 Å². The lowest BCUT2D eigenvalue weighted by Gasteiger charge is -2.29. The van der Waals surface area contributed by atoms with Crippen LogP contribution in [0.15, 0.2) is 12.1 Å². The third-order valence-corrected chi connectivity index (χ3v) is 4.79. The third kappa shape index (κ3) is 2.46. The monoisotopic (exact) mass is 275 g/mol. The second-order valence-corrected chi connectivity index (χ2v) is 6.27. The lowest BCUT2D eigenvalue weighted by molar-refractivity contribution is 0.229. The summed E-state index contributed by atoms with van der Waals surface area (Å²) in [6.45, 7) is 5.42. The van der Waals surface area contributed by atoms with Crippen LogP contribution in [0.3, 0.4) is 0 Å². The van der Waals surface area contributed by atoms with E-state index in [0.29, 0.717) is 0 Å². The molecule has 1 aliphatic rings. The van der Waals surface area contributed by atoms with Crippen molar-refractivity contribution in [3.8, 4) is 0 Å². The van der Waals surface area contributed by atoms with Crippen molar-refractivity contribution in [3.05, 3.63) is 22.6 Å². The van der Waals surface area contributed by atoms with E-state index in [1.165, 1.54) is 25.7 Å². The molecule has 2 heterocycles. The fraction of sp³-hybridized carbons (Fsp3) is 0.600. The lowest BCUT2D eigenvalue weighted by atomic mass is 9.80. The summed E-state index contributed by atoms with van der Waals surface area (Å²) in [4.78, 5) is 7.93. The summed E-state index contributed by atoms with van der Waals surface area (Å²) >= 11 is 5.47. The minimum atomic E-state index is 0.738. The number of nitrogens with one attached hydrogen (secondary N) is 1. The highest BCUT2D eigenvalue weighted by Gasteiger charge is 2.22. The average molecular weight is 275 g/mol. The molecular formula is C15H21N3S. The van der Waals surface area contributed by atoms with Crippen molar-refractivity contribution < 1.29 is 0 Å². The minimum Gasteiger partial charge on any atom is -0.329 e. The predicted octanol–water partition coefficient (Wildman–Crippen LogP) is 4.23. The molecule has 2 aromatic heterocycles. The van der Waals surface area contributed by atoms with Crippen LogP contribution in [0.4, 0.5) is 0 Å². The summed E-state index contributed by atoms with van der Waals surface area (Å²) in [5.41, 5.74) is 3.12. The van der Waals surface area contributed by atoms with E-state index < -0.39 is 0 Å². The van der Waals surface area contributed by atoms with E-state index in [2.05, 4.69) is 27.5 Å². The first-order valence-electron chi connectivity index (χ1n) is 7.21. The number of aryl methyl sites for hydroxylation is 1. The maximum absolute atomic E-state index is 5.47. The fourth-order valence-electron chi connectivity index (χ4n) is 3.19. The van der Waals surface area contributed by atoms with E-state index in [-0.39, 0.29) is 0 Å². The Labute approximate surface area is 119 Å². The quantitative estimate of drug-likeness (QED) is 0.832. The Morgan fingerprint density at radius 2 is 2.16 bits per heavy atom. The molecule has 0 spiro atoms. The zero-order chi connectivity index (χ0) is 13.4. The minimum absolute atomic E-state index is 0.738. The zero-order valence-electron chi connectivity index (χ0n) is 11.6. The number of hydrogen-bond donors (Lipinski definition) is 1. The summed E-state index contributed by atoms with van der Waals surface area (Å²) in [7, 11) is 0. The number of pyridine rings is 1. The number of imidazole rings is 1. The van der Waals surface area contributed by atoms with Crippen LogP contribution in [0.1, 0.15) is 38.3 Å². The molecule has 1 saturated carbocycles.